The number of nitrogens with zero attached hydrogens (tertiary/aromatic N) is 3. The van der Waals surface area contributed by atoms with Gasteiger partial charge in [-0.3, -0.25) is 9.69 Å². The van der Waals surface area contributed by atoms with E-state index in [-0.39, 0.29) is 17.6 Å². The molecular formula is C21H26FN3O3. The van der Waals surface area contributed by atoms with Crippen LogP contribution < -0.4 is 0 Å². The third-order valence-electron chi connectivity index (χ3n) is 5.53. The van der Waals surface area contributed by atoms with Crippen LogP contribution in [-0.4, -0.2) is 60.1 Å². The number of aryl methyl sites for hydroxylation is 1. The molecule has 1 amide bonds. The first-order chi connectivity index (χ1) is 13.6. The summed E-state index contributed by atoms with van der Waals surface area (Å²) in [5.41, 5.74) is 1.63. The molecule has 0 spiro atoms. The van der Waals surface area contributed by atoms with Crippen LogP contribution in [0.3, 0.4) is 0 Å². The van der Waals surface area contributed by atoms with Gasteiger partial charge < -0.3 is 14.1 Å². The summed E-state index contributed by atoms with van der Waals surface area (Å²) in [6.45, 7) is 6.90. The maximum Gasteiger partial charge on any atom is 0.227 e. The van der Waals surface area contributed by atoms with Crippen molar-refractivity contribution in [1.82, 2.24) is 14.8 Å². The third-order valence-corrected chi connectivity index (χ3v) is 5.53. The fourth-order valence-electron chi connectivity index (χ4n) is 3.95. The van der Waals surface area contributed by atoms with Gasteiger partial charge in [0.1, 0.15) is 11.6 Å². The number of piperidine rings is 1. The number of likely N-dealkylation sites (tertiary alicyclic amines) is 1. The Balaban J connectivity index is 1.41. The number of amides is 1. The number of benzene rings is 1. The van der Waals surface area contributed by atoms with Gasteiger partial charge in [0.15, 0.2) is 0 Å². The molecule has 0 saturated carbocycles. The fourth-order valence-corrected chi connectivity index (χ4v) is 3.95. The number of rotatable bonds is 4. The molecule has 0 aliphatic carbocycles. The molecule has 3 heterocycles. The fraction of sp³-hybridized carbons (Fsp3) is 0.524. The zero-order valence-corrected chi connectivity index (χ0v) is 16.2. The van der Waals surface area contributed by atoms with Gasteiger partial charge in [0.05, 0.1) is 24.8 Å². The van der Waals surface area contributed by atoms with Crippen LogP contribution in [0.25, 0.3) is 11.5 Å². The minimum atomic E-state index is -0.281. The van der Waals surface area contributed by atoms with E-state index in [1.54, 1.807) is 12.1 Å². The molecule has 1 aromatic heterocycles. The van der Waals surface area contributed by atoms with Crippen LogP contribution in [0.1, 0.15) is 24.3 Å². The first-order valence-corrected chi connectivity index (χ1v) is 9.91. The number of oxazole rings is 1. The highest BCUT2D eigenvalue weighted by Crippen LogP contribution is 2.25. The molecule has 0 N–H and O–H groups in total. The van der Waals surface area contributed by atoms with Crippen LogP contribution in [0.4, 0.5) is 4.39 Å². The summed E-state index contributed by atoms with van der Waals surface area (Å²) in [5.74, 6) is 1.27. The quantitative estimate of drug-likeness (QED) is 0.807. The summed E-state index contributed by atoms with van der Waals surface area (Å²) >= 11 is 0. The lowest BCUT2D eigenvalue weighted by Crippen LogP contribution is -2.48. The molecule has 2 aromatic rings. The lowest BCUT2D eigenvalue weighted by Gasteiger charge is -2.36. The average Bonchev–Trinajstić information content (AvgIpc) is 3.09. The van der Waals surface area contributed by atoms with E-state index in [4.69, 9.17) is 9.15 Å². The Morgan fingerprint density at radius 1 is 1.21 bits per heavy atom. The zero-order valence-electron chi connectivity index (χ0n) is 16.2. The van der Waals surface area contributed by atoms with Crippen molar-refractivity contribution in [3.63, 3.8) is 0 Å². The molecule has 2 aliphatic heterocycles. The molecule has 6 nitrogen and oxygen atoms in total. The van der Waals surface area contributed by atoms with Crippen LogP contribution in [0, 0.1) is 18.7 Å². The second-order valence-corrected chi connectivity index (χ2v) is 7.54. The molecule has 2 saturated heterocycles. The number of ether oxygens (including phenoxy) is 1. The van der Waals surface area contributed by atoms with Gasteiger partial charge in [-0.2, -0.15) is 0 Å². The largest absolute Gasteiger partial charge is 0.441 e. The van der Waals surface area contributed by atoms with Gasteiger partial charge in [-0.1, -0.05) is 0 Å². The van der Waals surface area contributed by atoms with E-state index in [1.807, 2.05) is 11.8 Å². The Labute approximate surface area is 164 Å². The van der Waals surface area contributed by atoms with E-state index in [0.29, 0.717) is 38.7 Å². The molecule has 1 atom stereocenters. The van der Waals surface area contributed by atoms with Gasteiger partial charge in [-0.15, -0.1) is 0 Å². The molecule has 0 unspecified atom stereocenters. The molecular weight excluding hydrogens is 361 g/mol. The SMILES string of the molecule is Cc1oc(-c2ccc(F)cc2)nc1CN1CCC[C@@H](C(=O)N2CCOCC2)C1. The van der Waals surface area contributed by atoms with Crippen molar-refractivity contribution in [2.24, 2.45) is 5.92 Å². The normalized spacial score (nSPS) is 21.1. The second kappa shape index (κ2) is 8.41. The summed E-state index contributed by atoms with van der Waals surface area (Å²) in [4.78, 5) is 21.7. The second-order valence-electron chi connectivity index (χ2n) is 7.54. The van der Waals surface area contributed by atoms with Crippen LogP contribution >= 0.6 is 0 Å². The van der Waals surface area contributed by atoms with Crippen LogP contribution in [-0.2, 0) is 16.1 Å². The first kappa shape index (κ1) is 19.1. The highest BCUT2D eigenvalue weighted by molar-refractivity contribution is 5.79. The highest BCUT2D eigenvalue weighted by atomic mass is 19.1. The van der Waals surface area contributed by atoms with Gasteiger partial charge in [0.2, 0.25) is 11.8 Å². The number of hydrogen-bond acceptors (Lipinski definition) is 5. The van der Waals surface area contributed by atoms with Crippen molar-refractivity contribution in [3.8, 4) is 11.5 Å². The van der Waals surface area contributed by atoms with Crippen molar-refractivity contribution < 1.29 is 18.3 Å². The topological polar surface area (TPSA) is 58.8 Å². The van der Waals surface area contributed by atoms with Crippen molar-refractivity contribution in [3.05, 3.63) is 41.5 Å². The minimum Gasteiger partial charge on any atom is -0.441 e. The Kier molecular flexibility index (Phi) is 5.73. The Morgan fingerprint density at radius 2 is 1.96 bits per heavy atom. The van der Waals surface area contributed by atoms with E-state index in [1.165, 1.54) is 12.1 Å². The summed E-state index contributed by atoms with van der Waals surface area (Å²) in [5, 5.41) is 0. The predicted octanol–water partition coefficient (Wildman–Crippen LogP) is 2.86. The van der Waals surface area contributed by atoms with Gasteiger partial charge in [0, 0.05) is 31.7 Å². The number of halogens is 1. The minimum absolute atomic E-state index is 0.0376. The van der Waals surface area contributed by atoms with Crippen LogP contribution in [0.2, 0.25) is 0 Å². The van der Waals surface area contributed by atoms with Gasteiger partial charge in [0.25, 0.3) is 0 Å². The number of carbonyl (C=O) groups is 1. The van der Waals surface area contributed by atoms with E-state index in [2.05, 4.69) is 9.88 Å². The molecule has 2 aliphatic rings. The maximum absolute atomic E-state index is 13.1. The average molecular weight is 387 g/mol. The predicted molar refractivity (Wildman–Crippen MR) is 102 cm³/mol. The molecule has 2 fully saturated rings. The molecule has 7 heteroatoms. The lowest BCUT2D eigenvalue weighted by molar-refractivity contribution is -0.141. The summed E-state index contributed by atoms with van der Waals surface area (Å²) in [6, 6.07) is 6.15. The number of morpholine rings is 1. The number of carbonyl (C=O) groups excluding carboxylic acids is 1. The maximum atomic E-state index is 13.1. The Bertz CT molecular complexity index is 815. The van der Waals surface area contributed by atoms with Gasteiger partial charge in [-0.25, -0.2) is 9.37 Å². The van der Waals surface area contributed by atoms with Gasteiger partial charge >= 0.3 is 0 Å². The standard InChI is InChI=1S/C21H26FN3O3/c1-15-19(23-20(28-15)16-4-6-18(22)7-5-16)14-24-8-2-3-17(13-24)21(26)25-9-11-27-12-10-25/h4-7,17H,2-3,8-14H2,1H3/t17-/m1/s1. The summed E-state index contributed by atoms with van der Waals surface area (Å²) < 4.78 is 24.3. The third kappa shape index (κ3) is 4.25. The van der Waals surface area contributed by atoms with Crippen molar-refractivity contribution in [1.29, 1.82) is 0 Å². The van der Waals surface area contributed by atoms with Gasteiger partial charge in [-0.05, 0) is 50.6 Å². The Morgan fingerprint density at radius 3 is 2.71 bits per heavy atom. The molecule has 1 aromatic carbocycles. The lowest BCUT2D eigenvalue weighted by atomic mass is 9.96. The van der Waals surface area contributed by atoms with Crippen LogP contribution in [0.5, 0.6) is 0 Å². The first-order valence-electron chi connectivity index (χ1n) is 9.91. The molecule has 0 bridgehead atoms. The van der Waals surface area contributed by atoms with Crippen molar-refractivity contribution >= 4 is 5.91 Å². The van der Waals surface area contributed by atoms with E-state index in [9.17, 15) is 9.18 Å². The monoisotopic (exact) mass is 387 g/mol. The number of hydrogen-bond donors (Lipinski definition) is 0. The summed E-state index contributed by atoms with van der Waals surface area (Å²) in [6.07, 6.45) is 1.94. The molecule has 4 rings (SSSR count). The van der Waals surface area contributed by atoms with Crippen molar-refractivity contribution in [2.45, 2.75) is 26.3 Å². The highest BCUT2D eigenvalue weighted by Gasteiger charge is 2.30. The number of aromatic nitrogens is 1. The molecule has 0 radical (unpaired) electrons. The zero-order chi connectivity index (χ0) is 19.5. The Hall–Kier alpha value is -2.25. The van der Waals surface area contributed by atoms with E-state index < -0.39 is 0 Å². The molecule has 28 heavy (non-hydrogen) atoms. The molecule has 150 valence electrons. The smallest absolute Gasteiger partial charge is 0.227 e. The van der Waals surface area contributed by atoms with E-state index >= 15 is 0 Å². The van der Waals surface area contributed by atoms with Crippen LogP contribution in [0.15, 0.2) is 28.7 Å². The van der Waals surface area contributed by atoms with E-state index in [0.717, 1.165) is 42.9 Å². The summed E-state index contributed by atoms with van der Waals surface area (Å²) in [7, 11) is 0. The van der Waals surface area contributed by atoms with Crippen molar-refractivity contribution in [2.75, 3.05) is 39.4 Å².